The topological polar surface area (TPSA) is 76.2 Å². The monoisotopic (exact) mass is 457 g/mol. The second kappa shape index (κ2) is 10.7. The molecule has 1 aliphatic heterocycles. The number of furan rings is 1. The minimum atomic E-state index is -0.258. The van der Waals surface area contributed by atoms with Gasteiger partial charge < -0.3 is 14.6 Å². The van der Waals surface area contributed by atoms with Crippen molar-refractivity contribution in [1.82, 2.24) is 20.1 Å². The number of hydrogen-bond donors (Lipinski definition) is 1. The number of hydrogen-bond acceptors (Lipinski definition) is 6. The van der Waals surface area contributed by atoms with Gasteiger partial charge in [0.25, 0.3) is 0 Å². The van der Waals surface area contributed by atoms with Crippen LogP contribution in [0.3, 0.4) is 0 Å². The number of aromatic nitrogens is 3. The first kappa shape index (κ1) is 22.4. The van der Waals surface area contributed by atoms with Gasteiger partial charge in [-0.3, -0.25) is 9.36 Å². The van der Waals surface area contributed by atoms with Crippen LogP contribution in [0.4, 0.5) is 10.3 Å². The van der Waals surface area contributed by atoms with Crippen molar-refractivity contribution in [3.8, 4) is 0 Å². The third-order valence-corrected chi connectivity index (χ3v) is 6.61. The highest BCUT2D eigenvalue weighted by Gasteiger charge is 2.23. The van der Waals surface area contributed by atoms with E-state index in [0.717, 1.165) is 49.1 Å². The van der Waals surface area contributed by atoms with Crippen molar-refractivity contribution in [3.05, 3.63) is 59.8 Å². The summed E-state index contributed by atoms with van der Waals surface area (Å²) in [6, 6.07) is 10.1. The molecule has 1 amide bonds. The van der Waals surface area contributed by atoms with Crippen LogP contribution in [-0.4, -0.2) is 46.1 Å². The van der Waals surface area contributed by atoms with Crippen molar-refractivity contribution in [2.75, 3.05) is 30.3 Å². The lowest BCUT2D eigenvalue weighted by molar-refractivity contribution is -0.118. The van der Waals surface area contributed by atoms with E-state index in [1.54, 1.807) is 18.4 Å². The molecule has 0 saturated carbocycles. The summed E-state index contributed by atoms with van der Waals surface area (Å²) >= 11 is 1.37. The molecule has 9 heteroatoms. The quantitative estimate of drug-likeness (QED) is 0.493. The molecule has 0 bridgehead atoms. The van der Waals surface area contributed by atoms with Gasteiger partial charge in [-0.25, -0.2) is 4.39 Å². The van der Waals surface area contributed by atoms with Crippen LogP contribution in [0.1, 0.15) is 31.1 Å². The van der Waals surface area contributed by atoms with Crippen LogP contribution in [0, 0.1) is 11.7 Å². The number of carbonyl (C=O) groups excluding carboxylic acids is 1. The van der Waals surface area contributed by atoms with Crippen LogP contribution in [0.5, 0.6) is 0 Å². The van der Waals surface area contributed by atoms with Crippen LogP contribution >= 0.6 is 11.8 Å². The van der Waals surface area contributed by atoms with E-state index in [9.17, 15) is 9.18 Å². The lowest BCUT2D eigenvalue weighted by atomic mass is 10.00. The van der Waals surface area contributed by atoms with Gasteiger partial charge in [-0.1, -0.05) is 30.8 Å². The summed E-state index contributed by atoms with van der Waals surface area (Å²) in [5, 5.41) is 12.4. The van der Waals surface area contributed by atoms with E-state index in [4.69, 9.17) is 4.42 Å². The van der Waals surface area contributed by atoms with Crippen molar-refractivity contribution < 1.29 is 13.6 Å². The van der Waals surface area contributed by atoms with Crippen LogP contribution < -0.4 is 10.2 Å². The van der Waals surface area contributed by atoms with Crippen molar-refractivity contribution in [1.29, 1.82) is 0 Å². The second-order valence-electron chi connectivity index (χ2n) is 8.13. The fraction of sp³-hybridized carbons (Fsp3) is 0.435. The maximum atomic E-state index is 13.0. The molecule has 1 aliphatic rings. The molecule has 0 radical (unpaired) electrons. The highest BCUT2D eigenvalue weighted by molar-refractivity contribution is 7.99. The third-order valence-electron chi connectivity index (χ3n) is 5.64. The Hall–Kier alpha value is -2.81. The Kier molecular flexibility index (Phi) is 7.47. The van der Waals surface area contributed by atoms with Crippen molar-refractivity contribution in [3.63, 3.8) is 0 Å². The fourth-order valence-corrected chi connectivity index (χ4v) is 4.47. The van der Waals surface area contributed by atoms with Gasteiger partial charge in [0.2, 0.25) is 11.9 Å². The minimum Gasteiger partial charge on any atom is -0.467 e. The van der Waals surface area contributed by atoms with Gasteiger partial charge in [0.1, 0.15) is 11.6 Å². The number of benzene rings is 1. The summed E-state index contributed by atoms with van der Waals surface area (Å²) in [7, 11) is 0. The van der Waals surface area contributed by atoms with Gasteiger partial charge in [-0.05, 0) is 55.0 Å². The number of nitrogens with zero attached hydrogens (tertiary/aromatic N) is 4. The molecule has 0 spiro atoms. The number of anilines is 1. The molecule has 3 aromatic rings. The van der Waals surface area contributed by atoms with Crippen LogP contribution in [-0.2, 0) is 17.8 Å². The molecule has 3 heterocycles. The molecule has 32 heavy (non-hydrogen) atoms. The molecule has 7 nitrogen and oxygen atoms in total. The third kappa shape index (κ3) is 5.91. The van der Waals surface area contributed by atoms with E-state index in [-0.39, 0.29) is 17.5 Å². The van der Waals surface area contributed by atoms with E-state index in [2.05, 4.69) is 27.3 Å². The second-order valence-corrected chi connectivity index (χ2v) is 9.08. The average Bonchev–Trinajstić information content (AvgIpc) is 3.45. The number of rotatable bonds is 9. The average molecular weight is 458 g/mol. The summed E-state index contributed by atoms with van der Waals surface area (Å²) in [5.41, 5.74) is 0.984. The number of carbonyl (C=O) groups is 1. The molecule has 1 aromatic carbocycles. The molecule has 1 saturated heterocycles. The Labute approximate surface area is 191 Å². The van der Waals surface area contributed by atoms with Gasteiger partial charge in [-0.15, -0.1) is 10.2 Å². The first-order valence-corrected chi connectivity index (χ1v) is 11.9. The number of halogens is 1. The molecule has 0 unspecified atom stereocenters. The highest BCUT2D eigenvalue weighted by atomic mass is 32.2. The Morgan fingerprint density at radius 2 is 2.00 bits per heavy atom. The highest BCUT2D eigenvalue weighted by Crippen LogP contribution is 2.27. The van der Waals surface area contributed by atoms with Gasteiger partial charge in [0.05, 0.1) is 18.6 Å². The largest absolute Gasteiger partial charge is 0.467 e. The van der Waals surface area contributed by atoms with Crippen LogP contribution in [0.2, 0.25) is 0 Å². The summed E-state index contributed by atoms with van der Waals surface area (Å²) < 4.78 is 20.6. The normalized spacial score (nSPS) is 14.6. The minimum absolute atomic E-state index is 0.0713. The summed E-state index contributed by atoms with van der Waals surface area (Å²) in [6.45, 7) is 5.20. The lowest BCUT2D eigenvalue weighted by Crippen LogP contribution is -2.35. The first-order chi connectivity index (χ1) is 15.6. The van der Waals surface area contributed by atoms with E-state index in [1.807, 2.05) is 16.7 Å². The molecule has 2 aromatic heterocycles. The van der Waals surface area contributed by atoms with Crippen LogP contribution in [0.15, 0.2) is 52.2 Å². The molecule has 0 atom stereocenters. The van der Waals surface area contributed by atoms with Crippen molar-refractivity contribution >= 4 is 23.6 Å². The molecular weight excluding hydrogens is 429 g/mol. The number of piperidine rings is 1. The zero-order valence-electron chi connectivity index (χ0n) is 18.2. The van der Waals surface area contributed by atoms with E-state index in [1.165, 1.54) is 23.9 Å². The first-order valence-electron chi connectivity index (χ1n) is 10.9. The molecular formula is C23H28FN5O2S. The van der Waals surface area contributed by atoms with Gasteiger partial charge in [0.15, 0.2) is 5.16 Å². The van der Waals surface area contributed by atoms with Gasteiger partial charge >= 0.3 is 0 Å². The predicted molar refractivity (Wildman–Crippen MR) is 122 cm³/mol. The Bertz CT molecular complexity index is 998. The maximum absolute atomic E-state index is 13.0. The SMILES string of the molecule is CC1CCN(c2nnc(SCC(=O)NCCc3ccc(F)cc3)n2Cc2ccco2)CC1. The fourth-order valence-electron chi connectivity index (χ4n) is 3.71. The zero-order chi connectivity index (χ0) is 22.3. The Balaban J connectivity index is 1.35. The van der Waals surface area contributed by atoms with E-state index in [0.29, 0.717) is 24.7 Å². The van der Waals surface area contributed by atoms with Gasteiger partial charge in [-0.2, -0.15) is 0 Å². The number of nitrogens with one attached hydrogen (secondary N) is 1. The summed E-state index contributed by atoms with van der Waals surface area (Å²) in [4.78, 5) is 14.6. The van der Waals surface area contributed by atoms with Crippen molar-refractivity contribution in [2.45, 2.75) is 37.9 Å². The van der Waals surface area contributed by atoms with E-state index < -0.39 is 0 Å². The zero-order valence-corrected chi connectivity index (χ0v) is 19.0. The lowest BCUT2D eigenvalue weighted by Gasteiger charge is -2.31. The van der Waals surface area contributed by atoms with Crippen molar-refractivity contribution in [2.24, 2.45) is 5.92 Å². The molecule has 170 valence electrons. The maximum Gasteiger partial charge on any atom is 0.230 e. The predicted octanol–water partition coefficient (Wildman–Crippen LogP) is 3.75. The molecule has 1 N–H and O–H groups in total. The molecule has 0 aliphatic carbocycles. The molecule has 1 fully saturated rings. The molecule has 4 rings (SSSR count). The number of amides is 1. The van der Waals surface area contributed by atoms with Gasteiger partial charge in [0, 0.05) is 19.6 Å². The number of thioether (sulfide) groups is 1. The summed E-state index contributed by atoms with van der Waals surface area (Å²) in [6.07, 6.45) is 4.57. The standard InChI is InChI=1S/C23H28FN5O2S/c1-17-9-12-28(13-10-17)22-26-27-23(29(22)15-20-3-2-14-31-20)32-16-21(30)25-11-8-18-4-6-19(24)7-5-18/h2-7,14,17H,8-13,15-16H2,1H3,(H,25,30). The smallest absolute Gasteiger partial charge is 0.230 e. The van der Waals surface area contributed by atoms with Crippen LogP contribution in [0.25, 0.3) is 0 Å². The Morgan fingerprint density at radius 3 is 2.72 bits per heavy atom. The summed E-state index contributed by atoms with van der Waals surface area (Å²) in [5.74, 6) is 2.29. The Morgan fingerprint density at radius 1 is 1.22 bits per heavy atom. The van der Waals surface area contributed by atoms with E-state index >= 15 is 0 Å².